The number of benzene rings is 1. The molecule has 0 atom stereocenters. The van der Waals surface area contributed by atoms with Gasteiger partial charge in [-0.1, -0.05) is 0 Å². The van der Waals surface area contributed by atoms with Crippen molar-refractivity contribution >= 4 is 11.4 Å². The van der Waals surface area contributed by atoms with Crippen molar-refractivity contribution in [1.82, 2.24) is 5.32 Å². The molecule has 0 aliphatic rings. The summed E-state index contributed by atoms with van der Waals surface area (Å²) in [6.45, 7) is 1.80. The highest BCUT2D eigenvalue weighted by Crippen LogP contribution is 2.24. The lowest BCUT2D eigenvalue weighted by atomic mass is 10.1. The lowest BCUT2D eigenvalue weighted by molar-refractivity contribution is -0.0583. The van der Waals surface area contributed by atoms with E-state index in [2.05, 4.69) is 5.32 Å². The number of hydrogen-bond donors (Lipinski definition) is 2. The van der Waals surface area contributed by atoms with Gasteiger partial charge >= 0.3 is 6.18 Å². The van der Waals surface area contributed by atoms with Crippen LogP contribution < -0.4 is 10.1 Å². The molecule has 0 heterocycles. The average molecular weight is 272 g/mol. The van der Waals surface area contributed by atoms with Crippen molar-refractivity contribution < 1.29 is 17.9 Å². The molecule has 0 saturated carbocycles. The molecule has 0 aromatic heterocycles. The fraction of sp³-hybridized carbons (Fsp3) is 0.308. The van der Waals surface area contributed by atoms with Gasteiger partial charge in [-0.15, -0.1) is 0 Å². The Morgan fingerprint density at radius 2 is 2.00 bits per heavy atom. The van der Waals surface area contributed by atoms with Crippen molar-refractivity contribution in [1.29, 1.82) is 5.41 Å². The maximum atomic E-state index is 12.3. The van der Waals surface area contributed by atoms with E-state index in [9.17, 15) is 13.2 Å². The highest BCUT2D eigenvalue weighted by molar-refractivity contribution is 6.02. The second kappa shape index (κ2) is 5.77. The summed E-state index contributed by atoms with van der Waals surface area (Å²) < 4.78 is 42.1. The summed E-state index contributed by atoms with van der Waals surface area (Å²) in [4.78, 5) is 0. The molecular weight excluding hydrogens is 257 g/mol. The van der Waals surface area contributed by atoms with Gasteiger partial charge in [-0.3, -0.25) is 5.41 Å². The van der Waals surface area contributed by atoms with Crippen molar-refractivity contribution in [2.45, 2.75) is 13.1 Å². The molecule has 0 bridgehead atoms. The largest absolute Gasteiger partial charge is 0.496 e. The van der Waals surface area contributed by atoms with Gasteiger partial charge < -0.3 is 10.1 Å². The highest BCUT2D eigenvalue weighted by atomic mass is 19.4. The van der Waals surface area contributed by atoms with Crippen LogP contribution in [0.2, 0.25) is 0 Å². The number of ether oxygens (including phenoxy) is 1. The molecule has 1 aromatic rings. The summed E-state index contributed by atoms with van der Waals surface area (Å²) in [5, 5.41) is 9.65. The van der Waals surface area contributed by atoms with E-state index in [1.165, 1.54) is 14.2 Å². The lowest BCUT2D eigenvalue weighted by Gasteiger charge is -2.12. The lowest BCUT2D eigenvalue weighted by Crippen LogP contribution is -2.21. The Balaban J connectivity index is 3.14. The number of hydrogen-bond acceptors (Lipinski definition) is 3. The number of allylic oxidation sites excluding steroid dienone is 1. The zero-order chi connectivity index (χ0) is 14.6. The number of halogens is 3. The predicted molar refractivity (Wildman–Crippen MR) is 68.5 cm³/mol. The van der Waals surface area contributed by atoms with Crippen LogP contribution in [0.4, 0.5) is 13.2 Å². The number of rotatable bonds is 4. The molecule has 0 fully saturated rings. The standard InChI is InChI=1S/C13H15F3N2O/c1-8-6-9(4-5-11(8)19-3)10(18-2)7-12(17)13(14,15)16/h4-7,17-18H,1-3H3/b10-7-,17-12?. The summed E-state index contributed by atoms with van der Waals surface area (Å²) in [5.74, 6) is 0.658. The minimum absolute atomic E-state index is 0.230. The van der Waals surface area contributed by atoms with Gasteiger partial charge in [-0.25, -0.2) is 0 Å². The molecule has 0 aliphatic heterocycles. The van der Waals surface area contributed by atoms with Gasteiger partial charge in [0.15, 0.2) is 0 Å². The van der Waals surface area contributed by atoms with Crippen LogP contribution in [0.15, 0.2) is 24.3 Å². The second-order valence-corrected chi connectivity index (χ2v) is 3.90. The van der Waals surface area contributed by atoms with Crippen LogP contribution in [-0.4, -0.2) is 26.0 Å². The first-order valence-corrected chi connectivity index (χ1v) is 5.49. The smallest absolute Gasteiger partial charge is 0.432 e. The fourth-order valence-electron chi connectivity index (χ4n) is 1.57. The normalized spacial score (nSPS) is 12.2. The molecule has 6 heteroatoms. The van der Waals surface area contributed by atoms with Crippen molar-refractivity contribution in [2.75, 3.05) is 14.2 Å². The second-order valence-electron chi connectivity index (χ2n) is 3.90. The van der Waals surface area contributed by atoms with Gasteiger partial charge in [-0.2, -0.15) is 13.2 Å². The Bertz CT molecular complexity index is 507. The molecule has 0 aliphatic carbocycles. The van der Waals surface area contributed by atoms with Crippen molar-refractivity contribution in [3.8, 4) is 5.75 Å². The Hall–Kier alpha value is -1.98. The van der Waals surface area contributed by atoms with Crippen molar-refractivity contribution in [3.63, 3.8) is 0 Å². The molecule has 0 saturated heterocycles. The van der Waals surface area contributed by atoms with Gasteiger partial charge in [0.05, 0.1) is 7.11 Å². The van der Waals surface area contributed by atoms with Crippen molar-refractivity contribution in [3.05, 3.63) is 35.4 Å². The van der Waals surface area contributed by atoms with Crippen LogP contribution >= 0.6 is 0 Å². The zero-order valence-corrected chi connectivity index (χ0v) is 10.9. The third kappa shape index (κ3) is 3.74. The quantitative estimate of drug-likeness (QED) is 0.827. The van der Waals surface area contributed by atoms with E-state index in [1.807, 2.05) is 0 Å². The molecular formula is C13H15F3N2O. The third-order valence-corrected chi connectivity index (χ3v) is 2.57. The van der Waals surface area contributed by atoms with E-state index in [0.717, 1.165) is 11.6 Å². The molecule has 0 radical (unpaired) electrons. The Labute approximate surface area is 109 Å². The zero-order valence-electron chi connectivity index (χ0n) is 10.9. The maximum absolute atomic E-state index is 12.3. The van der Waals surface area contributed by atoms with Gasteiger partial charge in [0.25, 0.3) is 0 Å². The molecule has 3 nitrogen and oxygen atoms in total. The minimum Gasteiger partial charge on any atom is -0.496 e. The number of nitrogens with one attached hydrogen (secondary N) is 2. The Morgan fingerprint density at radius 3 is 2.42 bits per heavy atom. The molecule has 1 rings (SSSR count). The van der Waals surface area contributed by atoms with E-state index in [4.69, 9.17) is 10.1 Å². The molecule has 19 heavy (non-hydrogen) atoms. The van der Waals surface area contributed by atoms with Crippen LogP contribution in [0, 0.1) is 12.3 Å². The fourth-order valence-corrected chi connectivity index (χ4v) is 1.57. The summed E-state index contributed by atoms with van der Waals surface area (Å²) >= 11 is 0. The SMILES string of the molecule is CN/C(=C\C(=N)C(F)(F)F)c1ccc(OC)c(C)c1. The molecule has 1 aromatic carbocycles. The first-order valence-electron chi connectivity index (χ1n) is 5.49. The van der Waals surface area contributed by atoms with Crippen LogP contribution in [-0.2, 0) is 0 Å². The Kier molecular flexibility index (Phi) is 4.58. The van der Waals surface area contributed by atoms with Crippen molar-refractivity contribution in [2.24, 2.45) is 0 Å². The van der Waals surface area contributed by atoms with Crippen LogP contribution in [0.5, 0.6) is 5.75 Å². The molecule has 0 spiro atoms. The molecule has 2 N–H and O–H groups in total. The van der Waals surface area contributed by atoms with E-state index < -0.39 is 11.9 Å². The minimum atomic E-state index is -4.65. The maximum Gasteiger partial charge on any atom is 0.432 e. The number of alkyl halides is 3. The van der Waals surface area contributed by atoms with E-state index in [1.54, 1.807) is 25.1 Å². The van der Waals surface area contributed by atoms with Crippen LogP contribution in [0.25, 0.3) is 5.70 Å². The van der Waals surface area contributed by atoms with E-state index in [0.29, 0.717) is 11.3 Å². The monoisotopic (exact) mass is 272 g/mol. The van der Waals surface area contributed by atoms with Crippen LogP contribution in [0.1, 0.15) is 11.1 Å². The van der Waals surface area contributed by atoms with Crippen LogP contribution in [0.3, 0.4) is 0 Å². The topological polar surface area (TPSA) is 45.1 Å². The van der Waals surface area contributed by atoms with Gasteiger partial charge in [0, 0.05) is 12.7 Å². The molecule has 104 valence electrons. The van der Waals surface area contributed by atoms with E-state index >= 15 is 0 Å². The van der Waals surface area contributed by atoms with Gasteiger partial charge in [0.1, 0.15) is 11.5 Å². The Morgan fingerprint density at radius 1 is 1.37 bits per heavy atom. The first-order chi connectivity index (χ1) is 8.79. The molecule has 0 amide bonds. The molecule has 0 unspecified atom stereocenters. The first kappa shape index (κ1) is 15.1. The summed E-state index contributed by atoms with van der Waals surface area (Å²) in [6.07, 6.45) is -3.88. The van der Waals surface area contributed by atoms with E-state index in [-0.39, 0.29) is 5.70 Å². The van der Waals surface area contributed by atoms with Gasteiger partial charge in [0.2, 0.25) is 0 Å². The summed E-state index contributed by atoms with van der Waals surface area (Å²) in [6, 6.07) is 5.01. The predicted octanol–water partition coefficient (Wildman–Crippen LogP) is 3.15. The number of methoxy groups -OCH3 is 1. The number of aryl methyl sites for hydroxylation is 1. The third-order valence-electron chi connectivity index (χ3n) is 2.57. The summed E-state index contributed by atoms with van der Waals surface area (Å²) in [7, 11) is 3.03. The summed E-state index contributed by atoms with van der Waals surface area (Å²) in [5.41, 5.74) is 0.202. The highest BCUT2D eigenvalue weighted by Gasteiger charge is 2.32. The van der Waals surface area contributed by atoms with Gasteiger partial charge in [-0.05, 0) is 42.3 Å². The average Bonchev–Trinajstić information content (AvgIpc) is 2.34.